The van der Waals surface area contributed by atoms with Crippen molar-refractivity contribution in [2.45, 2.75) is 57.5 Å². The van der Waals surface area contributed by atoms with Crippen molar-refractivity contribution in [3.63, 3.8) is 0 Å². The Kier molecular flexibility index (Phi) is 3.45. The molecular weight excluding hydrogens is 172 g/mol. The molecule has 0 aromatic heterocycles. The molecule has 0 aromatic carbocycles. The maximum absolute atomic E-state index is 5.72. The van der Waals surface area contributed by atoms with Crippen LogP contribution < -0.4 is 5.73 Å². The predicted molar refractivity (Wildman–Crippen MR) is 60.2 cm³/mol. The molecule has 1 saturated carbocycles. The number of nitrogens with two attached hydrogens (primary N) is 1. The molecule has 2 heteroatoms. The van der Waals surface area contributed by atoms with Gasteiger partial charge in [0.15, 0.2) is 0 Å². The summed E-state index contributed by atoms with van der Waals surface area (Å²) in [5, 5.41) is 0. The van der Waals surface area contributed by atoms with Crippen molar-refractivity contribution >= 4 is 0 Å². The van der Waals surface area contributed by atoms with Gasteiger partial charge in [-0.3, -0.25) is 4.90 Å². The van der Waals surface area contributed by atoms with Crippen molar-refractivity contribution in [1.82, 2.24) is 4.90 Å². The van der Waals surface area contributed by atoms with Gasteiger partial charge in [-0.05, 0) is 64.5 Å². The van der Waals surface area contributed by atoms with Gasteiger partial charge < -0.3 is 5.73 Å². The Labute approximate surface area is 87.8 Å². The number of likely N-dealkylation sites (tertiary alicyclic amines) is 1. The monoisotopic (exact) mass is 196 g/mol. The average molecular weight is 196 g/mol. The van der Waals surface area contributed by atoms with Gasteiger partial charge in [0.25, 0.3) is 0 Å². The summed E-state index contributed by atoms with van der Waals surface area (Å²) < 4.78 is 0. The van der Waals surface area contributed by atoms with Crippen LogP contribution in [0.1, 0.15) is 45.4 Å². The normalized spacial score (nSPS) is 40.3. The zero-order valence-corrected chi connectivity index (χ0v) is 9.41. The Balaban J connectivity index is 1.82. The van der Waals surface area contributed by atoms with Gasteiger partial charge in [-0.1, -0.05) is 0 Å². The van der Waals surface area contributed by atoms with Crippen molar-refractivity contribution in [2.24, 2.45) is 11.7 Å². The van der Waals surface area contributed by atoms with Gasteiger partial charge >= 0.3 is 0 Å². The summed E-state index contributed by atoms with van der Waals surface area (Å²) in [6.45, 7) is 4.64. The van der Waals surface area contributed by atoms with E-state index in [2.05, 4.69) is 11.8 Å². The van der Waals surface area contributed by atoms with Crippen LogP contribution in [0.4, 0.5) is 0 Å². The molecule has 2 fully saturated rings. The molecule has 82 valence electrons. The minimum atomic E-state index is 0.823. The standard InChI is InChI=1S/C12H24N2/c1-10-3-2-8-14(10)12-6-4-11(9-13)5-7-12/h10-12H,2-9,13H2,1H3. The van der Waals surface area contributed by atoms with Crippen LogP contribution in [0.5, 0.6) is 0 Å². The van der Waals surface area contributed by atoms with E-state index < -0.39 is 0 Å². The number of rotatable bonds is 2. The smallest absolute Gasteiger partial charge is 0.00982 e. The summed E-state index contributed by atoms with van der Waals surface area (Å²) in [4.78, 5) is 2.74. The Hall–Kier alpha value is -0.0800. The van der Waals surface area contributed by atoms with Crippen LogP contribution in [0.25, 0.3) is 0 Å². The molecule has 2 nitrogen and oxygen atoms in total. The summed E-state index contributed by atoms with van der Waals surface area (Å²) in [7, 11) is 0. The highest BCUT2D eigenvalue weighted by molar-refractivity contribution is 4.86. The van der Waals surface area contributed by atoms with Gasteiger partial charge in [0, 0.05) is 12.1 Å². The van der Waals surface area contributed by atoms with E-state index in [1.165, 1.54) is 45.1 Å². The second-order valence-electron chi connectivity index (χ2n) is 5.14. The highest BCUT2D eigenvalue weighted by Crippen LogP contribution is 2.31. The molecular formula is C12H24N2. The van der Waals surface area contributed by atoms with Crippen molar-refractivity contribution in [1.29, 1.82) is 0 Å². The first-order valence-corrected chi connectivity index (χ1v) is 6.27. The lowest BCUT2D eigenvalue weighted by Gasteiger charge is -2.36. The van der Waals surface area contributed by atoms with E-state index >= 15 is 0 Å². The predicted octanol–water partition coefficient (Wildman–Crippen LogP) is 1.99. The fourth-order valence-electron chi connectivity index (χ4n) is 3.21. The maximum Gasteiger partial charge on any atom is 0.00982 e. The van der Waals surface area contributed by atoms with E-state index in [-0.39, 0.29) is 0 Å². The first-order valence-electron chi connectivity index (χ1n) is 6.27. The van der Waals surface area contributed by atoms with E-state index in [0.29, 0.717) is 0 Å². The summed E-state index contributed by atoms with van der Waals surface area (Å²) in [5.74, 6) is 0.823. The lowest BCUT2D eigenvalue weighted by molar-refractivity contribution is 0.132. The fourth-order valence-corrected chi connectivity index (χ4v) is 3.21. The number of hydrogen-bond acceptors (Lipinski definition) is 2. The molecule has 1 heterocycles. The SMILES string of the molecule is CC1CCCN1C1CCC(CN)CC1. The van der Waals surface area contributed by atoms with Crippen LogP contribution in [0.2, 0.25) is 0 Å². The molecule has 0 spiro atoms. The molecule has 1 unspecified atom stereocenters. The lowest BCUT2D eigenvalue weighted by Crippen LogP contribution is -2.40. The summed E-state index contributed by atoms with van der Waals surface area (Å²) >= 11 is 0. The second-order valence-corrected chi connectivity index (χ2v) is 5.14. The summed E-state index contributed by atoms with van der Waals surface area (Å²) in [6, 6.07) is 1.73. The minimum Gasteiger partial charge on any atom is -0.330 e. The molecule has 1 aliphatic heterocycles. The Morgan fingerprint density at radius 3 is 2.36 bits per heavy atom. The van der Waals surface area contributed by atoms with Gasteiger partial charge in [-0.2, -0.15) is 0 Å². The van der Waals surface area contributed by atoms with E-state index in [0.717, 1.165) is 24.5 Å². The minimum absolute atomic E-state index is 0.823. The molecule has 0 bridgehead atoms. The number of hydrogen-bond donors (Lipinski definition) is 1. The largest absolute Gasteiger partial charge is 0.330 e. The van der Waals surface area contributed by atoms with Crippen molar-refractivity contribution in [2.75, 3.05) is 13.1 Å². The molecule has 0 radical (unpaired) electrons. The maximum atomic E-state index is 5.72. The zero-order valence-electron chi connectivity index (χ0n) is 9.41. The molecule has 2 rings (SSSR count). The Bertz CT molecular complexity index is 173. The third-order valence-electron chi connectivity index (χ3n) is 4.22. The molecule has 0 amide bonds. The summed E-state index contributed by atoms with van der Waals surface area (Å²) in [6.07, 6.45) is 8.35. The fraction of sp³-hybridized carbons (Fsp3) is 1.00. The first-order chi connectivity index (χ1) is 6.81. The van der Waals surface area contributed by atoms with Crippen molar-refractivity contribution in [3.8, 4) is 0 Å². The topological polar surface area (TPSA) is 29.3 Å². The van der Waals surface area contributed by atoms with E-state index in [9.17, 15) is 0 Å². The third-order valence-corrected chi connectivity index (χ3v) is 4.22. The van der Waals surface area contributed by atoms with Gasteiger partial charge in [0.05, 0.1) is 0 Å². The molecule has 0 aromatic rings. The molecule has 2 aliphatic rings. The van der Waals surface area contributed by atoms with Crippen LogP contribution in [0, 0.1) is 5.92 Å². The Morgan fingerprint density at radius 1 is 1.14 bits per heavy atom. The van der Waals surface area contributed by atoms with Crippen LogP contribution in [0.3, 0.4) is 0 Å². The van der Waals surface area contributed by atoms with Crippen molar-refractivity contribution in [3.05, 3.63) is 0 Å². The van der Waals surface area contributed by atoms with Crippen LogP contribution in [-0.4, -0.2) is 30.1 Å². The molecule has 14 heavy (non-hydrogen) atoms. The van der Waals surface area contributed by atoms with Crippen LogP contribution >= 0.6 is 0 Å². The van der Waals surface area contributed by atoms with Crippen LogP contribution in [0.15, 0.2) is 0 Å². The quantitative estimate of drug-likeness (QED) is 0.732. The lowest BCUT2D eigenvalue weighted by atomic mass is 9.85. The van der Waals surface area contributed by atoms with Crippen LogP contribution in [-0.2, 0) is 0 Å². The Morgan fingerprint density at radius 2 is 1.86 bits per heavy atom. The van der Waals surface area contributed by atoms with E-state index in [4.69, 9.17) is 5.73 Å². The molecule has 2 N–H and O–H groups in total. The van der Waals surface area contributed by atoms with E-state index in [1.54, 1.807) is 0 Å². The van der Waals surface area contributed by atoms with Gasteiger partial charge in [0.2, 0.25) is 0 Å². The van der Waals surface area contributed by atoms with Gasteiger partial charge in [0.1, 0.15) is 0 Å². The molecule has 1 atom stereocenters. The van der Waals surface area contributed by atoms with Crippen molar-refractivity contribution < 1.29 is 0 Å². The molecule has 1 saturated heterocycles. The average Bonchev–Trinajstić information content (AvgIpc) is 2.65. The number of nitrogens with zero attached hydrogens (tertiary/aromatic N) is 1. The zero-order chi connectivity index (χ0) is 9.97. The van der Waals surface area contributed by atoms with Gasteiger partial charge in [-0.25, -0.2) is 0 Å². The third kappa shape index (κ3) is 2.12. The van der Waals surface area contributed by atoms with Gasteiger partial charge in [-0.15, -0.1) is 0 Å². The van der Waals surface area contributed by atoms with E-state index in [1.807, 2.05) is 0 Å². The summed E-state index contributed by atoms with van der Waals surface area (Å²) in [5.41, 5.74) is 5.72. The highest BCUT2D eigenvalue weighted by Gasteiger charge is 2.30. The molecule has 1 aliphatic carbocycles. The first kappa shape index (κ1) is 10.4. The second kappa shape index (κ2) is 4.63. The highest BCUT2D eigenvalue weighted by atomic mass is 15.2.